The average molecular weight is 185 g/mol. The smallest absolute Gasteiger partial charge is 0.0273 e. The van der Waals surface area contributed by atoms with Gasteiger partial charge in [0.15, 0.2) is 0 Å². The maximum absolute atomic E-state index is 3.99. The summed E-state index contributed by atoms with van der Waals surface area (Å²) in [6.45, 7) is 7.92. The molecule has 1 aromatic heterocycles. The third kappa shape index (κ3) is 2.43. The van der Waals surface area contributed by atoms with E-state index in [9.17, 15) is 0 Å². The molecule has 0 aliphatic heterocycles. The van der Waals surface area contributed by atoms with E-state index >= 15 is 0 Å². The molecule has 1 nitrogen and oxygen atoms in total. The van der Waals surface area contributed by atoms with E-state index in [0.717, 1.165) is 11.1 Å². The monoisotopic (exact) mass is 185 g/mol. The molecule has 0 aromatic carbocycles. The Balaban J connectivity index is 3.17. The molecule has 1 aromatic rings. The predicted octanol–water partition coefficient (Wildman–Crippen LogP) is 3.62. The van der Waals surface area contributed by atoms with Crippen LogP contribution in [-0.2, 0) is 0 Å². The predicted molar refractivity (Wildman–Crippen MR) is 61.8 cm³/mol. The van der Waals surface area contributed by atoms with E-state index < -0.39 is 0 Å². The van der Waals surface area contributed by atoms with Crippen molar-refractivity contribution >= 4 is 5.57 Å². The molecule has 0 radical (unpaired) electrons. The lowest BCUT2D eigenvalue weighted by molar-refractivity contribution is 1.31. The lowest BCUT2D eigenvalue weighted by Gasteiger charge is -2.04. The summed E-state index contributed by atoms with van der Waals surface area (Å²) in [5, 5.41) is 0. The van der Waals surface area contributed by atoms with Gasteiger partial charge in [-0.1, -0.05) is 24.8 Å². The largest absolute Gasteiger partial charge is 0.265 e. The van der Waals surface area contributed by atoms with E-state index in [0.29, 0.717) is 0 Å². The van der Waals surface area contributed by atoms with Gasteiger partial charge >= 0.3 is 0 Å². The van der Waals surface area contributed by atoms with E-state index in [1.54, 1.807) is 12.4 Å². The minimum Gasteiger partial charge on any atom is -0.265 e. The number of allylic oxidation sites excluding steroid dienone is 5. The first-order valence-electron chi connectivity index (χ1n) is 4.66. The molecule has 72 valence electrons. The number of rotatable bonds is 3. The van der Waals surface area contributed by atoms with Gasteiger partial charge in [0, 0.05) is 12.4 Å². The van der Waals surface area contributed by atoms with Crippen molar-refractivity contribution in [2.24, 2.45) is 0 Å². The summed E-state index contributed by atoms with van der Waals surface area (Å²) in [5.74, 6) is 0. The minimum absolute atomic E-state index is 1.16. The molecule has 1 heterocycles. The van der Waals surface area contributed by atoms with Crippen LogP contribution in [0.3, 0.4) is 0 Å². The number of pyridine rings is 1. The maximum Gasteiger partial charge on any atom is 0.0273 e. The highest BCUT2D eigenvalue weighted by Gasteiger charge is 1.98. The molecule has 0 bridgehead atoms. The fraction of sp³-hybridized carbons (Fsp3) is 0.154. The molecule has 14 heavy (non-hydrogen) atoms. The lowest BCUT2D eigenvalue weighted by atomic mass is 10.0. The molecule has 0 atom stereocenters. The van der Waals surface area contributed by atoms with Crippen LogP contribution in [0.4, 0.5) is 0 Å². The third-order valence-electron chi connectivity index (χ3n) is 2.04. The zero-order valence-electron chi connectivity index (χ0n) is 8.70. The Bertz CT molecular complexity index is 358. The molecule has 0 aliphatic carbocycles. The van der Waals surface area contributed by atoms with Crippen molar-refractivity contribution in [3.05, 3.63) is 60.5 Å². The van der Waals surface area contributed by atoms with Gasteiger partial charge < -0.3 is 0 Å². The summed E-state index contributed by atoms with van der Waals surface area (Å²) in [6.07, 6.45) is 9.58. The maximum atomic E-state index is 3.99. The molecule has 0 saturated heterocycles. The molecule has 0 N–H and O–H groups in total. The van der Waals surface area contributed by atoms with Crippen LogP contribution in [0.5, 0.6) is 0 Å². The molecule has 0 unspecified atom stereocenters. The summed E-state index contributed by atoms with van der Waals surface area (Å²) in [4.78, 5) is 3.99. The summed E-state index contributed by atoms with van der Waals surface area (Å²) in [6, 6.07) is 3.98. The van der Waals surface area contributed by atoms with Crippen LogP contribution in [0.1, 0.15) is 19.4 Å². The summed E-state index contributed by atoms with van der Waals surface area (Å²) < 4.78 is 0. The van der Waals surface area contributed by atoms with Crippen molar-refractivity contribution in [1.82, 2.24) is 4.98 Å². The molecule has 0 amide bonds. The van der Waals surface area contributed by atoms with Gasteiger partial charge in [-0.25, -0.2) is 0 Å². The van der Waals surface area contributed by atoms with Gasteiger partial charge in [0.2, 0.25) is 0 Å². The fourth-order valence-corrected chi connectivity index (χ4v) is 1.38. The summed E-state index contributed by atoms with van der Waals surface area (Å²) in [7, 11) is 0. The molecular weight excluding hydrogens is 170 g/mol. The van der Waals surface area contributed by atoms with Gasteiger partial charge in [-0.15, -0.1) is 0 Å². The first kappa shape index (κ1) is 10.5. The summed E-state index contributed by atoms with van der Waals surface area (Å²) in [5.41, 5.74) is 3.53. The first-order valence-corrected chi connectivity index (χ1v) is 4.66. The van der Waals surface area contributed by atoms with E-state index in [2.05, 4.69) is 24.6 Å². The highest BCUT2D eigenvalue weighted by Crippen LogP contribution is 2.19. The van der Waals surface area contributed by atoms with Gasteiger partial charge in [0.25, 0.3) is 0 Å². The second-order valence-electron chi connectivity index (χ2n) is 3.04. The van der Waals surface area contributed by atoms with Crippen LogP contribution in [-0.4, -0.2) is 4.98 Å². The third-order valence-corrected chi connectivity index (χ3v) is 2.04. The van der Waals surface area contributed by atoms with Gasteiger partial charge in [0.1, 0.15) is 0 Å². The molecule has 0 fully saturated rings. The Morgan fingerprint density at radius 1 is 1.36 bits per heavy atom. The van der Waals surface area contributed by atoms with E-state index in [-0.39, 0.29) is 0 Å². The lowest BCUT2D eigenvalue weighted by Crippen LogP contribution is -1.84. The standard InChI is InChI=1S/C13H15N/c1-4-6-11(3)13(5-2)12-7-9-14-10-8-12/h4-10H,2H2,1,3H3/b6-4-,13-11+. The van der Waals surface area contributed by atoms with Crippen LogP contribution in [0, 0.1) is 0 Å². The van der Waals surface area contributed by atoms with Gasteiger partial charge in [-0.2, -0.15) is 0 Å². The topological polar surface area (TPSA) is 12.9 Å². The van der Waals surface area contributed by atoms with Crippen LogP contribution in [0.2, 0.25) is 0 Å². The average Bonchev–Trinajstić information content (AvgIpc) is 2.21. The number of aromatic nitrogens is 1. The SMILES string of the molecule is C=C/C(=C(C)\C=C/C)c1ccncc1. The Morgan fingerprint density at radius 2 is 2.00 bits per heavy atom. The van der Waals surface area contributed by atoms with Crippen LogP contribution >= 0.6 is 0 Å². The quantitative estimate of drug-likeness (QED) is 0.655. The van der Waals surface area contributed by atoms with Crippen LogP contribution < -0.4 is 0 Å². The van der Waals surface area contributed by atoms with Crippen molar-refractivity contribution in [3.8, 4) is 0 Å². The van der Waals surface area contributed by atoms with Crippen molar-refractivity contribution < 1.29 is 0 Å². The van der Waals surface area contributed by atoms with Crippen molar-refractivity contribution in [2.45, 2.75) is 13.8 Å². The highest BCUT2D eigenvalue weighted by atomic mass is 14.6. The Morgan fingerprint density at radius 3 is 2.50 bits per heavy atom. The van der Waals surface area contributed by atoms with E-state index in [4.69, 9.17) is 0 Å². The van der Waals surface area contributed by atoms with Crippen LogP contribution in [0.25, 0.3) is 5.57 Å². The number of nitrogens with zero attached hydrogens (tertiary/aromatic N) is 1. The zero-order chi connectivity index (χ0) is 10.4. The molecule has 1 rings (SSSR count). The van der Waals surface area contributed by atoms with Crippen LogP contribution in [0.15, 0.2) is 54.9 Å². The molecule has 0 aliphatic rings. The van der Waals surface area contributed by atoms with E-state index in [1.807, 2.05) is 31.2 Å². The van der Waals surface area contributed by atoms with Crippen molar-refractivity contribution in [2.75, 3.05) is 0 Å². The second kappa shape index (κ2) is 5.18. The van der Waals surface area contributed by atoms with Gasteiger partial charge in [-0.3, -0.25) is 4.98 Å². The van der Waals surface area contributed by atoms with Crippen molar-refractivity contribution in [3.63, 3.8) is 0 Å². The molecule has 1 heteroatoms. The Kier molecular flexibility index (Phi) is 3.86. The Labute approximate surface area is 85.5 Å². The van der Waals surface area contributed by atoms with E-state index in [1.165, 1.54) is 5.57 Å². The number of hydrogen-bond donors (Lipinski definition) is 0. The molecule has 0 saturated carbocycles. The first-order chi connectivity index (χ1) is 6.79. The highest BCUT2D eigenvalue weighted by molar-refractivity contribution is 5.77. The van der Waals surface area contributed by atoms with Gasteiger partial charge in [-0.05, 0) is 42.7 Å². The fourth-order valence-electron chi connectivity index (χ4n) is 1.38. The molecular formula is C13H15N. The zero-order valence-corrected chi connectivity index (χ0v) is 8.70. The molecule has 0 spiro atoms. The normalized spacial score (nSPS) is 12.7. The van der Waals surface area contributed by atoms with Crippen molar-refractivity contribution in [1.29, 1.82) is 0 Å². The number of hydrogen-bond acceptors (Lipinski definition) is 1. The van der Waals surface area contributed by atoms with Gasteiger partial charge in [0.05, 0.1) is 0 Å². The summed E-state index contributed by atoms with van der Waals surface area (Å²) >= 11 is 0. The Hall–Kier alpha value is -1.63. The second-order valence-corrected chi connectivity index (χ2v) is 3.04. The minimum atomic E-state index is 1.16.